The van der Waals surface area contributed by atoms with Crippen LogP contribution in [0.1, 0.15) is 43.4 Å². The number of nitro groups is 1. The van der Waals surface area contributed by atoms with Crippen LogP contribution < -0.4 is 4.90 Å². The molecule has 2 bridgehead atoms. The average Bonchev–Trinajstić information content (AvgIpc) is 3.45. The fraction of sp³-hybridized carbons (Fsp3) is 0.281. The third-order valence-corrected chi connectivity index (χ3v) is 9.19. The quantitative estimate of drug-likeness (QED) is 0.225. The van der Waals surface area contributed by atoms with Crippen LogP contribution in [0.3, 0.4) is 0 Å². The number of benzene rings is 3. The lowest BCUT2D eigenvalue weighted by molar-refractivity contribution is -0.384. The molecule has 2 fully saturated rings. The molecule has 3 aliphatic rings. The summed E-state index contributed by atoms with van der Waals surface area (Å²) in [7, 11) is 0. The molecule has 3 aromatic carbocycles. The number of carbonyl (C=O) groups excluding carboxylic acids is 3. The molecule has 39 heavy (non-hydrogen) atoms. The summed E-state index contributed by atoms with van der Waals surface area (Å²) in [5.74, 6) is -2.56. The van der Waals surface area contributed by atoms with Crippen molar-refractivity contribution in [1.29, 1.82) is 0 Å². The van der Waals surface area contributed by atoms with Gasteiger partial charge in [0.1, 0.15) is 0 Å². The molecule has 2 aliphatic carbocycles. The zero-order chi connectivity index (χ0) is 27.7. The van der Waals surface area contributed by atoms with Crippen LogP contribution in [0, 0.1) is 39.7 Å². The van der Waals surface area contributed by atoms with Gasteiger partial charge in [0.15, 0.2) is 5.78 Å². The van der Waals surface area contributed by atoms with E-state index >= 15 is 0 Å². The molecule has 3 aromatic rings. The van der Waals surface area contributed by atoms with E-state index in [9.17, 15) is 24.5 Å². The molecule has 4 atom stereocenters. The Hall–Kier alpha value is -4.39. The van der Waals surface area contributed by atoms with Crippen LogP contribution in [-0.2, 0) is 14.4 Å². The van der Waals surface area contributed by atoms with Crippen molar-refractivity contribution in [2.75, 3.05) is 4.90 Å². The molecule has 196 valence electrons. The van der Waals surface area contributed by atoms with Crippen molar-refractivity contribution in [3.05, 3.63) is 106 Å². The van der Waals surface area contributed by atoms with Crippen molar-refractivity contribution in [3.8, 4) is 0 Å². The van der Waals surface area contributed by atoms with Crippen molar-refractivity contribution < 1.29 is 19.3 Å². The first-order valence-electron chi connectivity index (χ1n) is 13.3. The van der Waals surface area contributed by atoms with E-state index in [4.69, 9.17) is 0 Å². The molecule has 7 heteroatoms. The van der Waals surface area contributed by atoms with Gasteiger partial charge >= 0.3 is 0 Å². The van der Waals surface area contributed by atoms with Crippen LogP contribution >= 0.6 is 0 Å². The molecule has 0 N–H and O–H groups in total. The van der Waals surface area contributed by atoms with Crippen LogP contribution in [0.15, 0.2) is 78.9 Å². The van der Waals surface area contributed by atoms with E-state index in [0.717, 1.165) is 22.3 Å². The number of fused-ring (bicyclic) bond motifs is 5. The van der Waals surface area contributed by atoms with Gasteiger partial charge < -0.3 is 0 Å². The predicted molar refractivity (Wildman–Crippen MR) is 147 cm³/mol. The van der Waals surface area contributed by atoms with Crippen molar-refractivity contribution >= 4 is 40.1 Å². The number of non-ortho nitro benzene ring substituents is 1. The molecule has 1 saturated heterocycles. The number of rotatable bonds is 6. The Bertz CT molecular complexity index is 1510. The highest BCUT2D eigenvalue weighted by molar-refractivity contribution is 6.34. The predicted octanol–water partition coefficient (Wildman–Crippen LogP) is 6.01. The molecule has 1 heterocycles. The van der Waals surface area contributed by atoms with Gasteiger partial charge in [-0.3, -0.25) is 24.5 Å². The van der Waals surface area contributed by atoms with E-state index in [2.05, 4.69) is 0 Å². The Morgan fingerprint density at radius 2 is 1.23 bits per heavy atom. The highest BCUT2D eigenvalue weighted by Crippen LogP contribution is 2.75. The highest BCUT2D eigenvalue weighted by atomic mass is 16.6. The lowest BCUT2D eigenvalue weighted by Gasteiger charge is -2.38. The van der Waals surface area contributed by atoms with E-state index in [1.807, 2.05) is 74.5 Å². The summed E-state index contributed by atoms with van der Waals surface area (Å²) in [5.41, 5.74) is 1.79. The van der Waals surface area contributed by atoms with Crippen molar-refractivity contribution in [2.24, 2.45) is 22.7 Å². The summed E-state index contributed by atoms with van der Waals surface area (Å²) in [4.78, 5) is 55.4. The SMILES string of the molecule is CC[C@]12C(=O)[C@](CC)(C(c3ccccc3)=C1c1ccccc1)[C@H]1C(=O)N(c3ccc([N+](=O)[O-])cc3C)C(=O)[C@@H]12. The zero-order valence-electron chi connectivity index (χ0n) is 22.0. The lowest BCUT2D eigenvalue weighted by Crippen LogP contribution is -2.42. The molecule has 7 nitrogen and oxygen atoms in total. The third kappa shape index (κ3) is 2.95. The second-order valence-electron chi connectivity index (χ2n) is 10.7. The smallest absolute Gasteiger partial charge is 0.269 e. The summed E-state index contributed by atoms with van der Waals surface area (Å²) >= 11 is 0. The second kappa shape index (κ2) is 8.56. The minimum atomic E-state index is -1.16. The number of amides is 2. The number of allylic oxidation sites excluding steroid dienone is 2. The van der Waals surface area contributed by atoms with Crippen LogP contribution in [0.4, 0.5) is 11.4 Å². The summed E-state index contributed by atoms with van der Waals surface area (Å²) < 4.78 is 0. The van der Waals surface area contributed by atoms with Gasteiger partial charge in [-0.2, -0.15) is 0 Å². The molecular formula is C32H28N2O5. The molecule has 2 amide bonds. The van der Waals surface area contributed by atoms with Gasteiger partial charge in [0.05, 0.1) is 33.3 Å². The van der Waals surface area contributed by atoms with Gasteiger partial charge in [0.25, 0.3) is 5.69 Å². The number of Topliss-reactive ketones (excluding diaryl/α,β-unsaturated/α-hetero) is 1. The van der Waals surface area contributed by atoms with Crippen molar-refractivity contribution in [1.82, 2.24) is 0 Å². The molecule has 1 saturated carbocycles. The van der Waals surface area contributed by atoms with Gasteiger partial charge in [-0.15, -0.1) is 0 Å². The van der Waals surface area contributed by atoms with Crippen LogP contribution in [0.25, 0.3) is 11.1 Å². The Morgan fingerprint density at radius 3 is 1.62 bits per heavy atom. The van der Waals surface area contributed by atoms with E-state index in [1.165, 1.54) is 23.1 Å². The summed E-state index contributed by atoms with van der Waals surface area (Å²) in [6.45, 7) is 5.51. The van der Waals surface area contributed by atoms with Gasteiger partial charge in [-0.1, -0.05) is 74.5 Å². The Morgan fingerprint density at radius 1 is 0.769 bits per heavy atom. The average molecular weight is 521 g/mol. The van der Waals surface area contributed by atoms with Crippen LogP contribution in [-0.4, -0.2) is 22.5 Å². The van der Waals surface area contributed by atoms with Gasteiger partial charge in [-0.05, 0) is 53.7 Å². The first-order valence-corrected chi connectivity index (χ1v) is 13.3. The molecular weight excluding hydrogens is 492 g/mol. The van der Waals surface area contributed by atoms with E-state index in [-0.39, 0.29) is 11.5 Å². The number of imide groups is 1. The molecule has 0 unspecified atom stereocenters. The van der Waals surface area contributed by atoms with Crippen LogP contribution in [0.2, 0.25) is 0 Å². The van der Waals surface area contributed by atoms with E-state index in [0.29, 0.717) is 24.1 Å². The third-order valence-electron chi connectivity index (χ3n) is 9.19. The Labute approximate surface area is 226 Å². The Kier molecular flexibility index (Phi) is 5.47. The van der Waals surface area contributed by atoms with Gasteiger partial charge in [0.2, 0.25) is 11.8 Å². The number of aryl methyl sites for hydroxylation is 1. The van der Waals surface area contributed by atoms with Crippen molar-refractivity contribution in [3.63, 3.8) is 0 Å². The van der Waals surface area contributed by atoms with Crippen molar-refractivity contribution in [2.45, 2.75) is 33.6 Å². The maximum absolute atomic E-state index is 14.7. The largest absolute Gasteiger partial charge is 0.298 e. The second-order valence-corrected chi connectivity index (χ2v) is 10.7. The standard InChI is InChI=1S/C32H28N2O5/c1-4-31-24(20-12-8-6-9-13-20)25(21-14-10-7-11-15-21)32(5-2,30(31)37)27-26(31)28(35)33(29(27)36)23-17-16-22(34(38)39)18-19(23)3/h6-18,26-27H,4-5H2,1-3H3/t26-,27-,31-,32+/m1/s1. The number of carbonyl (C=O) groups is 3. The topological polar surface area (TPSA) is 97.6 Å². The van der Waals surface area contributed by atoms with Gasteiger partial charge in [-0.25, -0.2) is 4.90 Å². The lowest BCUT2D eigenvalue weighted by atomic mass is 9.60. The fourth-order valence-corrected chi connectivity index (χ4v) is 7.70. The van der Waals surface area contributed by atoms with E-state index in [1.54, 1.807) is 6.92 Å². The summed E-state index contributed by atoms with van der Waals surface area (Å²) in [5, 5.41) is 11.3. The molecule has 6 rings (SSSR count). The maximum Gasteiger partial charge on any atom is 0.269 e. The van der Waals surface area contributed by atoms with E-state index < -0.39 is 39.4 Å². The Balaban J connectivity index is 1.63. The fourth-order valence-electron chi connectivity index (χ4n) is 7.70. The zero-order valence-corrected chi connectivity index (χ0v) is 22.0. The summed E-state index contributed by atoms with van der Waals surface area (Å²) in [6.07, 6.45) is 0.753. The van der Waals surface area contributed by atoms with Crippen LogP contribution in [0.5, 0.6) is 0 Å². The number of hydrogen-bond acceptors (Lipinski definition) is 5. The monoisotopic (exact) mass is 520 g/mol. The summed E-state index contributed by atoms with van der Waals surface area (Å²) in [6, 6.07) is 23.6. The first-order chi connectivity index (χ1) is 18.8. The number of nitrogens with zero attached hydrogens (tertiary/aromatic N) is 2. The molecule has 1 aliphatic heterocycles. The molecule has 0 spiro atoms. The minimum Gasteiger partial charge on any atom is -0.298 e. The molecule has 0 radical (unpaired) electrons. The minimum absolute atomic E-state index is 0.0468. The number of ketones is 1. The van der Waals surface area contributed by atoms with Gasteiger partial charge in [0, 0.05) is 12.1 Å². The number of nitro benzene ring substituents is 1. The maximum atomic E-state index is 14.7. The highest BCUT2D eigenvalue weighted by Gasteiger charge is 2.80. The first kappa shape index (κ1) is 24.9. The molecule has 0 aromatic heterocycles. The number of anilines is 1. The number of hydrogen-bond donors (Lipinski definition) is 0. The normalized spacial score (nSPS) is 27.5.